The van der Waals surface area contributed by atoms with Crippen molar-refractivity contribution in [1.29, 1.82) is 0 Å². The maximum absolute atomic E-state index is 6.29. The van der Waals surface area contributed by atoms with Gasteiger partial charge in [-0.2, -0.15) is 0 Å². The van der Waals surface area contributed by atoms with Crippen LogP contribution < -0.4 is 0 Å². The second kappa shape index (κ2) is 12.2. The Morgan fingerprint density at radius 2 is 0.735 bits per heavy atom. The van der Waals surface area contributed by atoms with Crippen LogP contribution in [-0.2, 0) is 0 Å². The van der Waals surface area contributed by atoms with Gasteiger partial charge in [0, 0.05) is 27.5 Å². The molecule has 0 aliphatic rings. The number of hydrogen-bond acceptors (Lipinski definition) is 3. The molecule has 230 valence electrons. The van der Waals surface area contributed by atoms with Crippen LogP contribution in [0.2, 0.25) is 0 Å². The molecule has 0 radical (unpaired) electrons. The van der Waals surface area contributed by atoms with Crippen molar-refractivity contribution < 1.29 is 4.42 Å². The van der Waals surface area contributed by atoms with Gasteiger partial charge in [-0.05, 0) is 75.8 Å². The van der Waals surface area contributed by atoms with Gasteiger partial charge in [-0.15, -0.1) is 0 Å². The fourth-order valence-electron chi connectivity index (χ4n) is 6.57. The minimum atomic E-state index is 0.670. The SMILES string of the molecule is c1ccc(-c2ccc(-c3nc(-c4cc(-c5ccccc5)cc(-c5ccccc5)c4)cc(-c4ccc5c(c4)oc4ccccc45)n3)cc2)cc1. The van der Waals surface area contributed by atoms with E-state index in [0.29, 0.717) is 5.82 Å². The predicted molar refractivity (Wildman–Crippen MR) is 202 cm³/mol. The Morgan fingerprint density at radius 1 is 0.286 bits per heavy atom. The number of fused-ring (bicyclic) bond motifs is 3. The molecule has 3 nitrogen and oxygen atoms in total. The standard InChI is InChI=1S/C46H30N2O/c1-4-12-31(13-5-1)34-20-22-35(23-21-34)46-47-42(36-24-25-41-40-18-10-11-19-44(40)49-45(41)29-36)30-43(48-46)39-27-37(32-14-6-2-7-15-32)26-38(28-39)33-16-8-3-9-17-33/h1-30H. The lowest BCUT2D eigenvalue weighted by atomic mass is 9.94. The molecule has 0 saturated carbocycles. The number of hydrogen-bond donors (Lipinski definition) is 0. The lowest BCUT2D eigenvalue weighted by molar-refractivity contribution is 0.669. The van der Waals surface area contributed by atoms with E-state index in [1.54, 1.807) is 0 Å². The Hall–Kier alpha value is -6.58. The summed E-state index contributed by atoms with van der Waals surface area (Å²) in [5.41, 5.74) is 13.3. The fraction of sp³-hybridized carbons (Fsp3) is 0. The normalized spacial score (nSPS) is 11.3. The minimum Gasteiger partial charge on any atom is -0.456 e. The van der Waals surface area contributed by atoms with E-state index < -0.39 is 0 Å². The molecule has 0 aliphatic carbocycles. The summed E-state index contributed by atoms with van der Waals surface area (Å²) >= 11 is 0. The third kappa shape index (κ3) is 5.58. The molecular weight excluding hydrogens is 597 g/mol. The van der Waals surface area contributed by atoms with E-state index in [4.69, 9.17) is 14.4 Å². The van der Waals surface area contributed by atoms with E-state index in [2.05, 4.69) is 158 Å². The third-order valence-electron chi connectivity index (χ3n) is 9.09. The molecule has 2 aromatic heterocycles. The van der Waals surface area contributed by atoms with E-state index in [1.165, 1.54) is 5.56 Å². The Morgan fingerprint density at radius 3 is 1.37 bits per heavy atom. The zero-order valence-electron chi connectivity index (χ0n) is 26.6. The second-order valence-corrected chi connectivity index (χ2v) is 12.2. The molecule has 0 spiro atoms. The van der Waals surface area contributed by atoms with Crippen molar-refractivity contribution in [3.63, 3.8) is 0 Å². The predicted octanol–water partition coefficient (Wildman–Crippen LogP) is 12.4. The summed E-state index contributed by atoms with van der Waals surface area (Å²) in [5.74, 6) is 0.670. The summed E-state index contributed by atoms with van der Waals surface area (Å²) in [6, 6.07) is 63.3. The van der Waals surface area contributed by atoms with Gasteiger partial charge in [0.1, 0.15) is 11.2 Å². The molecule has 7 aromatic carbocycles. The summed E-state index contributed by atoms with van der Waals surface area (Å²) in [4.78, 5) is 10.4. The average Bonchev–Trinajstić information content (AvgIpc) is 3.57. The maximum atomic E-state index is 6.29. The van der Waals surface area contributed by atoms with Gasteiger partial charge < -0.3 is 4.42 Å². The molecule has 0 amide bonds. The first-order valence-corrected chi connectivity index (χ1v) is 16.5. The summed E-state index contributed by atoms with van der Waals surface area (Å²) in [6.45, 7) is 0. The second-order valence-electron chi connectivity index (χ2n) is 12.2. The molecule has 0 atom stereocenters. The number of furan rings is 1. The van der Waals surface area contributed by atoms with Crippen molar-refractivity contribution in [3.05, 3.63) is 182 Å². The zero-order chi connectivity index (χ0) is 32.6. The lowest BCUT2D eigenvalue weighted by Crippen LogP contribution is -1.97. The molecule has 3 heteroatoms. The highest BCUT2D eigenvalue weighted by atomic mass is 16.3. The molecule has 0 fully saturated rings. The summed E-state index contributed by atoms with van der Waals surface area (Å²) in [5, 5.41) is 2.20. The smallest absolute Gasteiger partial charge is 0.160 e. The van der Waals surface area contributed by atoms with Gasteiger partial charge in [-0.1, -0.05) is 140 Å². The van der Waals surface area contributed by atoms with Crippen molar-refractivity contribution in [1.82, 2.24) is 9.97 Å². The van der Waals surface area contributed by atoms with E-state index >= 15 is 0 Å². The summed E-state index contributed by atoms with van der Waals surface area (Å²) < 4.78 is 6.29. The molecule has 0 unspecified atom stereocenters. The van der Waals surface area contributed by atoms with Crippen molar-refractivity contribution >= 4 is 21.9 Å². The monoisotopic (exact) mass is 626 g/mol. The van der Waals surface area contributed by atoms with Crippen molar-refractivity contribution in [3.8, 4) is 67.3 Å². The van der Waals surface area contributed by atoms with Gasteiger partial charge in [-0.25, -0.2) is 9.97 Å². The van der Waals surface area contributed by atoms with Crippen molar-refractivity contribution in [2.24, 2.45) is 0 Å². The molecule has 0 bridgehead atoms. The Bertz CT molecular complexity index is 2510. The topological polar surface area (TPSA) is 38.9 Å². The number of aromatic nitrogens is 2. The third-order valence-corrected chi connectivity index (χ3v) is 9.09. The molecule has 0 N–H and O–H groups in total. The molecule has 9 aromatic rings. The van der Waals surface area contributed by atoms with Crippen LogP contribution >= 0.6 is 0 Å². The van der Waals surface area contributed by atoms with Gasteiger partial charge >= 0.3 is 0 Å². The summed E-state index contributed by atoms with van der Waals surface area (Å²) in [6.07, 6.45) is 0. The number of para-hydroxylation sites is 1. The molecule has 0 saturated heterocycles. The quantitative estimate of drug-likeness (QED) is 0.184. The highest BCUT2D eigenvalue weighted by Gasteiger charge is 2.15. The van der Waals surface area contributed by atoms with E-state index in [-0.39, 0.29) is 0 Å². The van der Waals surface area contributed by atoms with Gasteiger partial charge in [0.2, 0.25) is 0 Å². The van der Waals surface area contributed by atoms with E-state index in [0.717, 1.165) is 77.8 Å². The first kappa shape index (κ1) is 28.6. The summed E-state index contributed by atoms with van der Waals surface area (Å²) in [7, 11) is 0. The minimum absolute atomic E-state index is 0.670. The largest absolute Gasteiger partial charge is 0.456 e. The van der Waals surface area contributed by atoms with Crippen molar-refractivity contribution in [2.45, 2.75) is 0 Å². The van der Waals surface area contributed by atoms with Gasteiger partial charge in [0.15, 0.2) is 5.82 Å². The van der Waals surface area contributed by atoms with Crippen molar-refractivity contribution in [2.75, 3.05) is 0 Å². The van der Waals surface area contributed by atoms with Crippen LogP contribution in [0.4, 0.5) is 0 Å². The maximum Gasteiger partial charge on any atom is 0.160 e. The van der Waals surface area contributed by atoms with Crippen LogP contribution in [0.25, 0.3) is 89.2 Å². The number of nitrogens with zero attached hydrogens (tertiary/aromatic N) is 2. The molecule has 2 heterocycles. The Balaban J connectivity index is 1.23. The van der Waals surface area contributed by atoms with Gasteiger partial charge in [0.25, 0.3) is 0 Å². The zero-order valence-corrected chi connectivity index (χ0v) is 26.6. The number of rotatable bonds is 6. The van der Waals surface area contributed by atoms with Crippen LogP contribution in [0.5, 0.6) is 0 Å². The first-order chi connectivity index (χ1) is 24.2. The van der Waals surface area contributed by atoms with Crippen LogP contribution in [0.3, 0.4) is 0 Å². The van der Waals surface area contributed by atoms with E-state index in [1.807, 2.05) is 24.3 Å². The highest BCUT2D eigenvalue weighted by Crippen LogP contribution is 2.36. The Labute approximate surface area is 284 Å². The molecule has 9 rings (SSSR count). The van der Waals surface area contributed by atoms with Gasteiger partial charge in [0.05, 0.1) is 11.4 Å². The van der Waals surface area contributed by atoms with Crippen LogP contribution in [0, 0.1) is 0 Å². The van der Waals surface area contributed by atoms with Crippen LogP contribution in [-0.4, -0.2) is 9.97 Å². The molecule has 0 aliphatic heterocycles. The lowest BCUT2D eigenvalue weighted by Gasteiger charge is -2.13. The molecular formula is C46H30N2O. The van der Waals surface area contributed by atoms with Crippen LogP contribution in [0.15, 0.2) is 186 Å². The first-order valence-electron chi connectivity index (χ1n) is 16.5. The number of benzene rings is 7. The van der Waals surface area contributed by atoms with E-state index in [9.17, 15) is 0 Å². The Kier molecular flexibility index (Phi) is 7.14. The fourth-order valence-corrected chi connectivity index (χ4v) is 6.57. The highest BCUT2D eigenvalue weighted by molar-refractivity contribution is 6.05. The molecule has 49 heavy (non-hydrogen) atoms. The van der Waals surface area contributed by atoms with Gasteiger partial charge in [-0.3, -0.25) is 0 Å². The average molecular weight is 627 g/mol. The van der Waals surface area contributed by atoms with Crippen LogP contribution in [0.1, 0.15) is 0 Å².